The van der Waals surface area contributed by atoms with Gasteiger partial charge in [0.25, 0.3) is 0 Å². The van der Waals surface area contributed by atoms with Gasteiger partial charge in [0.1, 0.15) is 0 Å². The molecule has 0 amide bonds. The van der Waals surface area contributed by atoms with Gasteiger partial charge in [-0.15, -0.1) is 0 Å². The van der Waals surface area contributed by atoms with Gasteiger partial charge in [0.15, 0.2) is 0 Å². The topological polar surface area (TPSA) is 46.5 Å². The van der Waals surface area contributed by atoms with Gasteiger partial charge in [-0.2, -0.15) is 0 Å². The van der Waals surface area contributed by atoms with E-state index in [1.54, 1.807) is 6.92 Å². The van der Waals surface area contributed by atoms with Crippen LogP contribution in [-0.4, -0.2) is 23.3 Å². The fourth-order valence-electron chi connectivity index (χ4n) is 3.29. The lowest BCUT2D eigenvalue weighted by Crippen LogP contribution is -2.53. The van der Waals surface area contributed by atoms with E-state index >= 15 is 0 Å². The van der Waals surface area contributed by atoms with Crippen LogP contribution >= 0.6 is 0 Å². The lowest BCUT2D eigenvalue weighted by Gasteiger charge is -2.48. The third-order valence-electron chi connectivity index (χ3n) is 5.78. The Hall–Kier alpha value is -0.570. The van der Waals surface area contributed by atoms with Gasteiger partial charge >= 0.3 is 5.97 Å². The van der Waals surface area contributed by atoms with E-state index in [9.17, 15) is 9.90 Å². The average Bonchev–Trinajstić information content (AvgIpc) is 2.39. The highest BCUT2D eigenvalue weighted by atomic mass is 16.5. The van der Waals surface area contributed by atoms with Crippen molar-refractivity contribution < 1.29 is 14.6 Å². The second-order valence-corrected chi connectivity index (χ2v) is 7.49. The standard InChI is InChI=1S/C17H32O3/c1-7-15(3,4)13-9-11-17(19,12-10-13)16(5,6)14(18)20-8-2/h13,19H,7-12H2,1-6H3. The number of carbonyl (C=O) groups is 1. The second-order valence-electron chi connectivity index (χ2n) is 7.49. The lowest BCUT2D eigenvalue weighted by molar-refractivity contribution is -0.177. The maximum Gasteiger partial charge on any atom is 0.314 e. The molecule has 1 N–H and O–H groups in total. The summed E-state index contributed by atoms with van der Waals surface area (Å²) in [6, 6.07) is 0. The molecule has 3 heteroatoms. The lowest BCUT2D eigenvalue weighted by atomic mass is 9.60. The van der Waals surface area contributed by atoms with Crippen LogP contribution in [0.25, 0.3) is 0 Å². The molecule has 0 unspecified atom stereocenters. The molecule has 1 aliphatic rings. The van der Waals surface area contributed by atoms with Gasteiger partial charge < -0.3 is 9.84 Å². The van der Waals surface area contributed by atoms with Crippen LogP contribution in [0.2, 0.25) is 0 Å². The predicted molar refractivity (Wildman–Crippen MR) is 81.4 cm³/mol. The number of aliphatic hydroxyl groups is 1. The molecular weight excluding hydrogens is 252 g/mol. The Morgan fingerprint density at radius 1 is 1.20 bits per heavy atom. The molecule has 0 bridgehead atoms. The van der Waals surface area contributed by atoms with E-state index in [0.29, 0.717) is 30.8 Å². The molecule has 1 rings (SSSR count). The SMILES string of the molecule is CCOC(=O)C(C)(C)C1(O)CCC(C(C)(C)CC)CC1. The maximum absolute atomic E-state index is 12.1. The van der Waals surface area contributed by atoms with Crippen LogP contribution in [0, 0.1) is 16.7 Å². The number of hydrogen-bond donors (Lipinski definition) is 1. The summed E-state index contributed by atoms with van der Waals surface area (Å²) in [5.41, 5.74) is -1.45. The Bertz CT molecular complexity index is 336. The first kappa shape index (κ1) is 17.5. The maximum atomic E-state index is 12.1. The molecule has 0 heterocycles. The summed E-state index contributed by atoms with van der Waals surface area (Å²) < 4.78 is 5.14. The van der Waals surface area contributed by atoms with Crippen LogP contribution in [0.15, 0.2) is 0 Å². The minimum absolute atomic E-state index is 0.282. The monoisotopic (exact) mass is 284 g/mol. The Morgan fingerprint density at radius 3 is 2.10 bits per heavy atom. The van der Waals surface area contributed by atoms with Gasteiger partial charge in [0.05, 0.1) is 17.6 Å². The molecule has 0 radical (unpaired) electrons. The van der Waals surface area contributed by atoms with E-state index in [4.69, 9.17) is 4.74 Å². The summed E-state index contributed by atoms with van der Waals surface area (Å²) in [7, 11) is 0. The van der Waals surface area contributed by atoms with Crippen LogP contribution in [0.4, 0.5) is 0 Å². The molecule has 0 aromatic rings. The van der Waals surface area contributed by atoms with E-state index < -0.39 is 11.0 Å². The van der Waals surface area contributed by atoms with E-state index in [0.717, 1.165) is 19.3 Å². The van der Waals surface area contributed by atoms with Gasteiger partial charge in [0, 0.05) is 0 Å². The number of carbonyl (C=O) groups excluding carboxylic acids is 1. The van der Waals surface area contributed by atoms with Gasteiger partial charge in [0.2, 0.25) is 0 Å². The van der Waals surface area contributed by atoms with E-state index in [-0.39, 0.29) is 5.97 Å². The minimum atomic E-state index is -0.931. The van der Waals surface area contributed by atoms with Crippen molar-refractivity contribution in [3.63, 3.8) is 0 Å². The molecular formula is C17H32O3. The van der Waals surface area contributed by atoms with Gasteiger partial charge in [-0.1, -0.05) is 27.2 Å². The smallest absolute Gasteiger partial charge is 0.314 e. The summed E-state index contributed by atoms with van der Waals surface area (Å²) in [5, 5.41) is 11.0. The van der Waals surface area contributed by atoms with E-state index in [1.807, 2.05) is 13.8 Å². The Labute approximate surface area is 124 Å². The molecule has 0 atom stereocenters. The molecule has 0 aliphatic heterocycles. The number of ether oxygens (including phenoxy) is 1. The van der Waals surface area contributed by atoms with Crippen LogP contribution in [-0.2, 0) is 9.53 Å². The first-order chi connectivity index (χ1) is 9.10. The Balaban J connectivity index is 2.77. The van der Waals surface area contributed by atoms with Gasteiger partial charge in [-0.05, 0) is 57.8 Å². The Morgan fingerprint density at radius 2 is 1.70 bits per heavy atom. The molecule has 1 fully saturated rings. The number of rotatable bonds is 5. The molecule has 20 heavy (non-hydrogen) atoms. The number of hydrogen-bond acceptors (Lipinski definition) is 3. The summed E-state index contributed by atoms with van der Waals surface area (Å²) in [5.74, 6) is 0.349. The minimum Gasteiger partial charge on any atom is -0.465 e. The van der Waals surface area contributed by atoms with E-state index in [2.05, 4.69) is 20.8 Å². The molecule has 0 spiro atoms. The normalized spacial score (nSPS) is 28.2. The molecule has 0 aromatic heterocycles. The quantitative estimate of drug-likeness (QED) is 0.778. The van der Waals surface area contributed by atoms with Crippen molar-refractivity contribution in [2.24, 2.45) is 16.7 Å². The van der Waals surface area contributed by atoms with Crippen LogP contribution in [0.5, 0.6) is 0 Å². The average molecular weight is 284 g/mol. The summed E-state index contributed by atoms with van der Waals surface area (Å²) in [6.07, 6.45) is 4.50. The summed E-state index contributed by atoms with van der Waals surface area (Å²) in [6.45, 7) is 12.6. The summed E-state index contributed by atoms with van der Waals surface area (Å²) >= 11 is 0. The third kappa shape index (κ3) is 3.19. The Kier molecular flexibility index (Phi) is 5.29. The second kappa shape index (κ2) is 6.05. The van der Waals surface area contributed by atoms with Crippen LogP contribution in [0.3, 0.4) is 0 Å². The van der Waals surface area contributed by atoms with Crippen molar-refractivity contribution >= 4 is 5.97 Å². The van der Waals surface area contributed by atoms with Gasteiger partial charge in [-0.3, -0.25) is 4.79 Å². The zero-order chi connectivity index (χ0) is 15.6. The molecule has 1 saturated carbocycles. The van der Waals surface area contributed by atoms with Crippen molar-refractivity contribution in [3.05, 3.63) is 0 Å². The molecule has 118 valence electrons. The zero-order valence-electron chi connectivity index (χ0n) is 14.1. The largest absolute Gasteiger partial charge is 0.465 e. The first-order valence-electron chi connectivity index (χ1n) is 8.00. The fraction of sp³-hybridized carbons (Fsp3) is 0.941. The summed E-state index contributed by atoms with van der Waals surface area (Å²) in [4.78, 5) is 12.1. The van der Waals surface area contributed by atoms with Crippen LogP contribution in [0.1, 0.15) is 73.6 Å². The van der Waals surface area contributed by atoms with Crippen molar-refractivity contribution in [3.8, 4) is 0 Å². The van der Waals surface area contributed by atoms with Crippen molar-refractivity contribution in [1.82, 2.24) is 0 Å². The van der Waals surface area contributed by atoms with Crippen molar-refractivity contribution in [1.29, 1.82) is 0 Å². The van der Waals surface area contributed by atoms with Gasteiger partial charge in [-0.25, -0.2) is 0 Å². The highest BCUT2D eigenvalue weighted by Crippen LogP contribution is 2.49. The molecule has 1 aliphatic carbocycles. The molecule has 0 saturated heterocycles. The van der Waals surface area contributed by atoms with Crippen molar-refractivity contribution in [2.45, 2.75) is 79.2 Å². The number of esters is 1. The molecule has 3 nitrogen and oxygen atoms in total. The highest BCUT2D eigenvalue weighted by molar-refractivity contribution is 5.77. The van der Waals surface area contributed by atoms with Crippen molar-refractivity contribution in [2.75, 3.05) is 6.61 Å². The zero-order valence-corrected chi connectivity index (χ0v) is 14.1. The fourth-order valence-corrected chi connectivity index (χ4v) is 3.29. The van der Waals surface area contributed by atoms with E-state index in [1.165, 1.54) is 0 Å². The third-order valence-corrected chi connectivity index (χ3v) is 5.78. The highest BCUT2D eigenvalue weighted by Gasteiger charge is 2.52. The molecule has 0 aromatic carbocycles. The first-order valence-corrected chi connectivity index (χ1v) is 8.00. The predicted octanol–water partition coefficient (Wildman–Crippen LogP) is 3.93. The van der Waals surface area contributed by atoms with Crippen LogP contribution < -0.4 is 0 Å².